The number of ether oxygens (including phenoxy) is 1. The number of hydrogen-bond acceptors (Lipinski definition) is 3. The number of benzene rings is 3. The maximum absolute atomic E-state index is 13.3. The molecule has 1 N–H and O–H groups in total. The molecule has 0 aromatic heterocycles. The predicted molar refractivity (Wildman–Crippen MR) is 127 cm³/mol. The summed E-state index contributed by atoms with van der Waals surface area (Å²) >= 11 is 3.61. The molecule has 1 amide bonds. The molecule has 2 aliphatic rings. The van der Waals surface area contributed by atoms with Crippen LogP contribution in [-0.4, -0.2) is 36.0 Å². The Morgan fingerprint density at radius 1 is 1.09 bits per heavy atom. The minimum Gasteiger partial charge on any atom is -0.495 e. The molecule has 2 atom stereocenters. The van der Waals surface area contributed by atoms with Crippen molar-refractivity contribution in [1.29, 1.82) is 0 Å². The van der Waals surface area contributed by atoms with Gasteiger partial charge in [0.25, 0.3) is 5.91 Å². The van der Waals surface area contributed by atoms with Crippen LogP contribution >= 0.6 is 15.9 Å². The lowest BCUT2D eigenvalue weighted by atomic mass is 9.96. The summed E-state index contributed by atoms with van der Waals surface area (Å²) in [7, 11) is 1.61. The van der Waals surface area contributed by atoms with E-state index in [9.17, 15) is 9.18 Å². The second-order valence-electron chi connectivity index (χ2n) is 8.81. The lowest BCUT2D eigenvalue weighted by Gasteiger charge is -2.39. The molecule has 3 aromatic rings. The SMILES string of the molecule is COc1c(C(=O)NC2CC3CCC(C2)N3Cc2ccc(F)cc2)cc(Br)c2ccccc12. The predicted octanol–water partition coefficient (Wildman–Crippen LogP) is 5.68. The fourth-order valence-electron chi connectivity index (χ4n) is 5.41. The van der Waals surface area contributed by atoms with Gasteiger partial charge in [-0.2, -0.15) is 0 Å². The van der Waals surface area contributed by atoms with Crippen molar-refractivity contribution in [2.24, 2.45) is 0 Å². The van der Waals surface area contributed by atoms with E-state index < -0.39 is 0 Å². The zero-order valence-corrected chi connectivity index (χ0v) is 19.6. The van der Waals surface area contributed by atoms with Crippen molar-refractivity contribution < 1.29 is 13.9 Å². The average molecular weight is 497 g/mol. The molecule has 2 aliphatic heterocycles. The third kappa shape index (κ3) is 4.02. The average Bonchev–Trinajstić information content (AvgIpc) is 3.02. The molecule has 166 valence electrons. The van der Waals surface area contributed by atoms with E-state index in [1.54, 1.807) is 7.11 Å². The van der Waals surface area contributed by atoms with Gasteiger partial charge in [0.15, 0.2) is 0 Å². The van der Waals surface area contributed by atoms with E-state index in [1.165, 1.54) is 12.1 Å². The summed E-state index contributed by atoms with van der Waals surface area (Å²) in [4.78, 5) is 15.8. The Balaban J connectivity index is 1.31. The maximum atomic E-state index is 13.3. The van der Waals surface area contributed by atoms with Crippen LogP contribution in [0, 0.1) is 5.82 Å². The van der Waals surface area contributed by atoms with Gasteiger partial charge in [0.2, 0.25) is 0 Å². The summed E-state index contributed by atoms with van der Waals surface area (Å²) in [5.74, 6) is 0.316. The highest BCUT2D eigenvalue weighted by atomic mass is 79.9. The van der Waals surface area contributed by atoms with Gasteiger partial charge in [-0.3, -0.25) is 9.69 Å². The Morgan fingerprint density at radius 2 is 1.75 bits per heavy atom. The highest BCUT2D eigenvalue weighted by Gasteiger charge is 2.41. The minimum atomic E-state index is -0.200. The summed E-state index contributed by atoms with van der Waals surface area (Å²) in [6, 6.07) is 17.6. The molecule has 0 radical (unpaired) electrons. The molecule has 2 heterocycles. The molecule has 2 bridgehead atoms. The zero-order valence-electron chi connectivity index (χ0n) is 18.0. The summed E-state index contributed by atoms with van der Waals surface area (Å²) in [6.45, 7) is 0.835. The van der Waals surface area contributed by atoms with Crippen LogP contribution in [0.3, 0.4) is 0 Å². The molecular weight excluding hydrogens is 471 g/mol. The lowest BCUT2D eigenvalue weighted by Crippen LogP contribution is -2.50. The number of fused-ring (bicyclic) bond motifs is 3. The fourth-order valence-corrected chi connectivity index (χ4v) is 5.98. The van der Waals surface area contributed by atoms with Crippen molar-refractivity contribution in [2.45, 2.75) is 50.4 Å². The highest BCUT2D eigenvalue weighted by Crippen LogP contribution is 2.38. The molecule has 3 aromatic carbocycles. The van der Waals surface area contributed by atoms with Crippen molar-refractivity contribution in [3.05, 3.63) is 76.0 Å². The number of hydrogen-bond donors (Lipinski definition) is 1. The van der Waals surface area contributed by atoms with Crippen LogP contribution in [0.1, 0.15) is 41.6 Å². The van der Waals surface area contributed by atoms with Gasteiger partial charge in [-0.15, -0.1) is 0 Å². The Kier molecular flexibility index (Phi) is 5.91. The number of piperidine rings is 1. The van der Waals surface area contributed by atoms with Crippen LogP contribution in [0.5, 0.6) is 5.75 Å². The van der Waals surface area contributed by atoms with E-state index in [0.29, 0.717) is 23.4 Å². The second kappa shape index (κ2) is 8.83. The monoisotopic (exact) mass is 496 g/mol. The standard InChI is InChI=1S/C26H26BrFN2O2/c1-32-25-22-5-3-2-4-21(22)24(27)14-23(25)26(31)29-18-12-19-10-11-20(13-18)30(19)15-16-6-8-17(28)9-7-16/h2-9,14,18-20H,10-13,15H2,1H3,(H,29,31). The first kappa shape index (κ1) is 21.4. The summed E-state index contributed by atoms with van der Waals surface area (Å²) in [5, 5.41) is 5.22. The number of rotatable bonds is 5. The molecule has 32 heavy (non-hydrogen) atoms. The molecule has 2 saturated heterocycles. The zero-order chi connectivity index (χ0) is 22.2. The number of nitrogens with one attached hydrogen (secondary N) is 1. The van der Waals surface area contributed by atoms with E-state index in [1.807, 2.05) is 42.5 Å². The number of carbonyl (C=O) groups is 1. The fraction of sp³-hybridized carbons (Fsp3) is 0.346. The van der Waals surface area contributed by atoms with Gasteiger partial charge < -0.3 is 10.1 Å². The van der Waals surface area contributed by atoms with Gasteiger partial charge in [-0.1, -0.05) is 52.3 Å². The van der Waals surface area contributed by atoms with Crippen molar-refractivity contribution in [1.82, 2.24) is 10.2 Å². The van der Waals surface area contributed by atoms with Gasteiger partial charge in [0.05, 0.1) is 12.7 Å². The van der Waals surface area contributed by atoms with E-state index >= 15 is 0 Å². The molecule has 2 unspecified atom stereocenters. The molecule has 0 saturated carbocycles. The van der Waals surface area contributed by atoms with Crippen LogP contribution in [0.15, 0.2) is 59.1 Å². The molecule has 4 nitrogen and oxygen atoms in total. The summed E-state index contributed by atoms with van der Waals surface area (Å²) < 4.78 is 19.8. The van der Waals surface area contributed by atoms with Crippen LogP contribution in [-0.2, 0) is 6.54 Å². The van der Waals surface area contributed by atoms with Crippen molar-refractivity contribution in [2.75, 3.05) is 7.11 Å². The summed E-state index contributed by atoms with van der Waals surface area (Å²) in [5.41, 5.74) is 1.69. The summed E-state index contributed by atoms with van der Waals surface area (Å²) in [6.07, 6.45) is 4.15. The first-order valence-electron chi connectivity index (χ1n) is 11.1. The second-order valence-corrected chi connectivity index (χ2v) is 9.66. The minimum absolute atomic E-state index is 0.0929. The molecular formula is C26H26BrFN2O2. The van der Waals surface area contributed by atoms with Crippen LogP contribution in [0.25, 0.3) is 10.8 Å². The van der Waals surface area contributed by atoms with Gasteiger partial charge in [-0.25, -0.2) is 4.39 Å². The third-order valence-electron chi connectivity index (χ3n) is 6.89. The molecule has 2 fully saturated rings. The van der Waals surface area contributed by atoms with Crippen molar-refractivity contribution in [3.63, 3.8) is 0 Å². The van der Waals surface area contributed by atoms with Gasteiger partial charge in [-0.05, 0) is 54.8 Å². The Morgan fingerprint density at radius 3 is 2.41 bits per heavy atom. The Labute approximate surface area is 195 Å². The first-order valence-corrected chi connectivity index (χ1v) is 11.9. The third-order valence-corrected chi connectivity index (χ3v) is 7.55. The largest absolute Gasteiger partial charge is 0.495 e. The number of amides is 1. The molecule has 6 heteroatoms. The molecule has 0 spiro atoms. The van der Waals surface area contributed by atoms with E-state index in [-0.39, 0.29) is 17.8 Å². The normalized spacial score (nSPS) is 22.8. The number of carbonyl (C=O) groups excluding carboxylic acids is 1. The molecule has 5 rings (SSSR count). The van der Waals surface area contributed by atoms with Gasteiger partial charge >= 0.3 is 0 Å². The maximum Gasteiger partial charge on any atom is 0.255 e. The Hall–Kier alpha value is -2.44. The quantitative estimate of drug-likeness (QED) is 0.494. The van der Waals surface area contributed by atoms with Crippen LogP contribution in [0.4, 0.5) is 4.39 Å². The smallest absolute Gasteiger partial charge is 0.255 e. The van der Waals surface area contributed by atoms with Crippen molar-refractivity contribution in [3.8, 4) is 5.75 Å². The number of halogens is 2. The number of nitrogens with zero attached hydrogens (tertiary/aromatic N) is 1. The van der Waals surface area contributed by atoms with Gasteiger partial charge in [0, 0.05) is 34.5 Å². The first-order chi connectivity index (χ1) is 15.5. The van der Waals surface area contributed by atoms with Crippen LogP contribution in [0.2, 0.25) is 0 Å². The highest BCUT2D eigenvalue weighted by molar-refractivity contribution is 9.10. The van der Waals surface area contributed by atoms with Crippen molar-refractivity contribution >= 4 is 32.6 Å². The van der Waals surface area contributed by atoms with Gasteiger partial charge in [0.1, 0.15) is 11.6 Å². The lowest BCUT2D eigenvalue weighted by molar-refractivity contribution is 0.0825. The topological polar surface area (TPSA) is 41.6 Å². The van der Waals surface area contributed by atoms with E-state index in [4.69, 9.17) is 4.74 Å². The Bertz CT molecular complexity index is 1140. The van der Waals surface area contributed by atoms with E-state index in [2.05, 4.69) is 26.1 Å². The van der Waals surface area contributed by atoms with Crippen LogP contribution < -0.4 is 10.1 Å². The molecule has 0 aliphatic carbocycles. The number of methoxy groups -OCH3 is 1. The van der Waals surface area contributed by atoms with E-state index in [0.717, 1.165) is 53.0 Å².